The molecule has 150 valence electrons. The summed E-state index contributed by atoms with van der Waals surface area (Å²) in [5.74, 6) is -0.0189. The van der Waals surface area contributed by atoms with E-state index in [1.807, 2.05) is 0 Å². The Bertz CT molecular complexity index is 1170. The maximum Gasteiger partial charge on any atom is 0.416 e. The molecular weight excluding hydrogens is 399 g/mol. The van der Waals surface area contributed by atoms with Gasteiger partial charge in [-0.1, -0.05) is 6.92 Å². The zero-order valence-corrected chi connectivity index (χ0v) is 15.4. The van der Waals surface area contributed by atoms with Crippen molar-refractivity contribution in [3.8, 4) is 5.75 Å². The number of aromatic amines is 2. The standard InChI is InChI=1S/C17H16F3N3O4S/c1-2-7-27-15-6-3-10(17(18,19)20)8-14(15)23-28(25,26)11-4-5-12-13(9-11)22-16(24)21-12/h3-6,8-9,23H,2,7H2,1H3,(H2,21,22,24). The number of nitrogens with one attached hydrogen (secondary N) is 3. The fourth-order valence-electron chi connectivity index (χ4n) is 2.51. The van der Waals surface area contributed by atoms with Gasteiger partial charge in [0.25, 0.3) is 10.0 Å². The molecule has 0 amide bonds. The number of hydrogen-bond donors (Lipinski definition) is 3. The summed E-state index contributed by atoms with van der Waals surface area (Å²) in [6.45, 7) is 2.01. The second kappa shape index (κ2) is 7.23. The molecule has 0 saturated heterocycles. The predicted molar refractivity (Wildman–Crippen MR) is 97.0 cm³/mol. The van der Waals surface area contributed by atoms with E-state index in [0.717, 1.165) is 12.1 Å². The maximum absolute atomic E-state index is 13.0. The van der Waals surface area contributed by atoms with E-state index in [1.54, 1.807) is 6.92 Å². The molecule has 28 heavy (non-hydrogen) atoms. The molecule has 0 aliphatic carbocycles. The van der Waals surface area contributed by atoms with Crippen molar-refractivity contribution in [2.75, 3.05) is 11.3 Å². The largest absolute Gasteiger partial charge is 0.491 e. The van der Waals surface area contributed by atoms with E-state index in [1.165, 1.54) is 18.2 Å². The normalized spacial score (nSPS) is 12.3. The van der Waals surface area contributed by atoms with Crippen molar-refractivity contribution in [2.45, 2.75) is 24.4 Å². The van der Waals surface area contributed by atoms with Gasteiger partial charge in [0.1, 0.15) is 5.75 Å². The third kappa shape index (κ3) is 4.14. The molecule has 11 heteroatoms. The number of benzene rings is 2. The first-order valence-corrected chi connectivity index (χ1v) is 9.67. The number of anilines is 1. The average molecular weight is 415 g/mol. The lowest BCUT2D eigenvalue weighted by atomic mass is 10.2. The lowest BCUT2D eigenvalue weighted by Crippen LogP contribution is -2.15. The van der Waals surface area contributed by atoms with Crippen molar-refractivity contribution < 1.29 is 26.3 Å². The Hall–Kier alpha value is -2.95. The van der Waals surface area contributed by atoms with Gasteiger partial charge in [0.15, 0.2) is 0 Å². The first-order chi connectivity index (χ1) is 13.1. The minimum Gasteiger partial charge on any atom is -0.491 e. The van der Waals surface area contributed by atoms with Gasteiger partial charge in [0.05, 0.1) is 33.8 Å². The van der Waals surface area contributed by atoms with Crippen LogP contribution in [0, 0.1) is 0 Å². The van der Waals surface area contributed by atoms with Crippen molar-refractivity contribution in [1.82, 2.24) is 9.97 Å². The van der Waals surface area contributed by atoms with Gasteiger partial charge in [0, 0.05) is 0 Å². The number of hydrogen-bond acceptors (Lipinski definition) is 4. The lowest BCUT2D eigenvalue weighted by molar-refractivity contribution is -0.137. The Morgan fingerprint density at radius 3 is 2.46 bits per heavy atom. The first-order valence-electron chi connectivity index (χ1n) is 8.19. The number of fused-ring (bicyclic) bond motifs is 1. The van der Waals surface area contributed by atoms with Crippen molar-refractivity contribution in [3.63, 3.8) is 0 Å². The summed E-state index contributed by atoms with van der Waals surface area (Å²) in [5, 5.41) is 0. The van der Waals surface area contributed by atoms with Gasteiger partial charge in [-0.05, 0) is 42.8 Å². The number of H-pyrrole nitrogens is 2. The second-order valence-corrected chi connectivity index (χ2v) is 7.63. The molecule has 0 bridgehead atoms. The van der Waals surface area contributed by atoms with Crippen LogP contribution < -0.4 is 15.1 Å². The molecule has 1 aromatic heterocycles. The fraction of sp³-hybridized carbons (Fsp3) is 0.235. The molecule has 0 fully saturated rings. The summed E-state index contributed by atoms with van der Waals surface area (Å²) in [6.07, 6.45) is -4.06. The summed E-state index contributed by atoms with van der Waals surface area (Å²) in [5.41, 5.74) is -1.20. The van der Waals surface area contributed by atoms with Crippen LogP contribution in [0.2, 0.25) is 0 Å². The Labute approximate surface area is 157 Å². The van der Waals surface area contributed by atoms with Crippen LogP contribution in [0.25, 0.3) is 11.0 Å². The number of sulfonamides is 1. The molecule has 2 aromatic carbocycles. The quantitative estimate of drug-likeness (QED) is 0.573. The Kier molecular flexibility index (Phi) is 5.11. The Morgan fingerprint density at radius 2 is 1.79 bits per heavy atom. The summed E-state index contributed by atoms with van der Waals surface area (Å²) >= 11 is 0. The highest BCUT2D eigenvalue weighted by Gasteiger charge is 2.32. The molecule has 0 saturated carbocycles. The summed E-state index contributed by atoms with van der Waals surface area (Å²) < 4.78 is 72.0. The van der Waals surface area contributed by atoms with E-state index in [2.05, 4.69) is 14.7 Å². The van der Waals surface area contributed by atoms with E-state index < -0.39 is 27.5 Å². The average Bonchev–Trinajstić information content (AvgIpc) is 2.98. The predicted octanol–water partition coefficient (Wildman–Crippen LogP) is 3.46. The van der Waals surface area contributed by atoms with E-state index in [4.69, 9.17) is 4.74 Å². The molecule has 0 radical (unpaired) electrons. The molecule has 3 N–H and O–H groups in total. The van der Waals surface area contributed by atoms with Crippen molar-refractivity contribution in [1.29, 1.82) is 0 Å². The SMILES string of the molecule is CCCOc1ccc(C(F)(F)F)cc1NS(=O)(=O)c1ccc2[nH]c(=O)[nH]c2c1. The summed E-state index contributed by atoms with van der Waals surface area (Å²) in [4.78, 5) is 16.0. The van der Waals surface area contributed by atoms with Crippen LogP contribution in [0.5, 0.6) is 5.75 Å². The van der Waals surface area contributed by atoms with Crippen LogP contribution in [-0.4, -0.2) is 25.0 Å². The Morgan fingerprint density at radius 1 is 1.07 bits per heavy atom. The summed E-state index contributed by atoms with van der Waals surface area (Å²) in [6, 6.07) is 6.38. The van der Waals surface area contributed by atoms with Gasteiger partial charge in [-0.25, -0.2) is 13.2 Å². The van der Waals surface area contributed by atoms with E-state index in [0.29, 0.717) is 18.0 Å². The number of aromatic nitrogens is 2. The molecule has 1 heterocycles. The van der Waals surface area contributed by atoms with Crippen LogP contribution in [0.4, 0.5) is 18.9 Å². The molecular formula is C17H16F3N3O4S. The van der Waals surface area contributed by atoms with Crippen LogP contribution in [0.1, 0.15) is 18.9 Å². The van der Waals surface area contributed by atoms with Gasteiger partial charge in [-0.15, -0.1) is 0 Å². The second-order valence-electron chi connectivity index (χ2n) is 5.95. The molecule has 3 aromatic rings. The zero-order valence-electron chi connectivity index (χ0n) is 14.6. The van der Waals surface area contributed by atoms with E-state index in [-0.39, 0.29) is 28.5 Å². The van der Waals surface area contributed by atoms with Gasteiger partial charge in [-0.2, -0.15) is 13.2 Å². The van der Waals surface area contributed by atoms with E-state index in [9.17, 15) is 26.4 Å². The third-order valence-corrected chi connectivity index (χ3v) is 5.17. The highest BCUT2D eigenvalue weighted by atomic mass is 32.2. The minimum atomic E-state index is -4.65. The van der Waals surface area contributed by atoms with Crippen molar-refractivity contribution in [3.05, 3.63) is 52.4 Å². The topological polar surface area (TPSA) is 104 Å². The molecule has 0 spiro atoms. The molecule has 0 atom stereocenters. The molecule has 0 aliphatic rings. The molecule has 7 nitrogen and oxygen atoms in total. The van der Waals surface area contributed by atoms with Gasteiger partial charge >= 0.3 is 11.9 Å². The summed E-state index contributed by atoms with van der Waals surface area (Å²) in [7, 11) is -4.24. The smallest absolute Gasteiger partial charge is 0.416 e. The number of halogens is 3. The molecule has 0 unspecified atom stereocenters. The van der Waals surface area contributed by atoms with Crippen LogP contribution in [0.15, 0.2) is 46.1 Å². The van der Waals surface area contributed by atoms with Gasteiger partial charge < -0.3 is 14.7 Å². The van der Waals surface area contributed by atoms with Crippen LogP contribution >= 0.6 is 0 Å². The van der Waals surface area contributed by atoms with Crippen molar-refractivity contribution in [2.24, 2.45) is 0 Å². The first kappa shape index (κ1) is 19.8. The number of alkyl halides is 3. The van der Waals surface area contributed by atoms with Crippen molar-refractivity contribution >= 4 is 26.7 Å². The Balaban J connectivity index is 2.02. The number of imidazole rings is 1. The van der Waals surface area contributed by atoms with Crippen LogP contribution in [0.3, 0.4) is 0 Å². The van der Waals surface area contributed by atoms with E-state index >= 15 is 0 Å². The minimum absolute atomic E-state index is 0.0189. The fourth-order valence-corrected chi connectivity index (χ4v) is 3.59. The van der Waals surface area contributed by atoms with Crippen LogP contribution in [-0.2, 0) is 16.2 Å². The zero-order chi connectivity index (χ0) is 20.5. The number of rotatable bonds is 6. The highest BCUT2D eigenvalue weighted by molar-refractivity contribution is 7.92. The maximum atomic E-state index is 13.0. The lowest BCUT2D eigenvalue weighted by Gasteiger charge is -2.16. The highest BCUT2D eigenvalue weighted by Crippen LogP contribution is 2.36. The van der Waals surface area contributed by atoms with Gasteiger partial charge in [0.2, 0.25) is 0 Å². The number of ether oxygens (including phenoxy) is 1. The molecule has 3 rings (SSSR count). The van der Waals surface area contributed by atoms with Gasteiger partial charge in [-0.3, -0.25) is 4.72 Å². The monoisotopic (exact) mass is 415 g/mol. The third-order valence-electron chi connectivity index (χ3n) is 3.81. The molecule has 0 aliphatic heterocycles.